The van der Waals surface area contributed by atoms with Crippen LogP contribution in [0.3, 0.4) is 0 Å². The number of carboxylic acid groups (broad SMARTS) is 1. The standard InChI is InChI=1S/C18H13F3N6O5S3/c19-18(20,21)13-8(34-5-23-13)2-1-6-12(16(30)31)27-9(28)3-10(27)35-15(6)25-14(29)11(26-32)7-4-33-17(22)24-7/h1-2,4-5,10,15,32H,3H2,(H2,22,24)(H,25,29)(H,30,31)/t10-,15?/m0/s1. The molecule has 1 fully saturated rings. The van der Waals surface area contributed by atoms with Crippen LogP contribution < -0.4 is 11.1 Å². The second-order valence-corrected chi connectivity index (χ2v) is 10.0. The van der Waals surface area contributed by atoms with E-state index >= 15 is 0 Å². The van der Waals surface area contributed by atoms with Crippen LogP contribution in [0.1, 0.15) is 22.7 Å². The zero-order chi connectivity index (χ0) is 25.5. The Kier molecular flexibility index (Phi) is 6.56. The highest BCUT2D eigenvalue weighted by atomic mass is 32.2. The molecule has 2 aromatic rings. The Morgan fingerprint density at radius 1 is 1.31 bits per heavy atom. The smallest absolute Gasteiger partial charge is 0.434 e. The van der Waals surface area contributed by atoms with E-state index in [-0.39, 0.29) is 27.7 Å². The number of thioether (sulfide) groups is 1. The lowest BCUT2D eigenvalue weighted by Gasteiger charge is -2.46. The number of aromatic nitrogens is 2. The quantitative estimate of drug-likeness (QED) is 0.183. The van der Waals surface area contributed by atoms with Crippen molar-refractivity contribution in [3.8, 4) is 0 Å². The van der Waals surface area contributed by atoms with Gasteiger partial charge in [-0.3, -0.25) is 14.5 Å². The number of anilines is 1. The molecule has 2 aliphatic heterocycles. The summed E-state index contributed by atoms with van der Waals surface area (Å²) < 4.78 is 39.6. The molecule has 11 nitrogen and oxygen atoms in total. The first-order valence-electron chi connectivity index (χ1n) is 9.39. The van der Waals surface area contributed by atoms with Crippen LogP contribution in [0.25, 0.3) is 6.08 Å². The number of nitrogens with zero attached hydrogens (tertiary/aromatic N) is 4. The molecule has 2 aromatic heterocycles. The molecule has 2 aliphatic rings. The van der Waals surface area contributed by atoms with Gasteiger partial charge in [-0.2, -0.15) is 13.2 Å². The molecule has 2 amide bonds. The second kappa shape index (κ2) is 9.31. The van der Waals surface area contributed by atoms with Crippen LogP contribution in [-0.2, 0) is 20.6 Å². The van der Waals surface area contributed by atoms with E-state index in [1.807, 2.05) is 0 Å². The first-order chi connectivity index (χ1) is 16.5. The molecule has 17 heteroatoms. The third kappa shape index (κ3) is 4.73. The van der Waals surface area contributed by atoms with Gasteiger partial charge < -0.3 is 21.4 Å². The summed E-state index contributed by atoms with van der Waals surface area (Å²) >= 11 is 2.67. The average Bonchev–Trinajstić information content (AvgIpc) is 3.41. The fourth-order valence-corrected chi connectivity index (χ4v) is 5.97. The molecule has 1 saturated heterocycles. The largest absolute Gasteiger partial charge is 0.477 e. The van der Waals surface area contributed by atoms with Gasteiger partial charge in [0.2, 0.25) is 5.91 Å². The van der Waals surface area contributed by atoms with E-state index in [4.69, 9.17) is 5.73 Å². The molecular weight excluding hydrogens is 533 g/mol. The highest BCUT2D eigenvalue weighted by Gasteiger charge is 2.48. The fourth-order valence-electron chi connectivity index (χ4n) is 3.31. The number of hydrogen-bond donors (Lipinski definition) is 4. The Balaban J connectivity index is 1.72. The van der Waals surface area contributed by atoms with Crippen molar-refractivity contribution in [2.45, 2.75) is 23.3 Å². The minimum absolute atomic E-state index is 0.00143. The van der Waals surface area contributed by atoms with Crippen molar-refractivity contribution >= 4 is 69.1 Å². The summed E-state index contributed by atoms with van der Waals surface area (Å²) in [5.41, 5.74) is 4.21. The number of halogens is 3. The molecule has 35 heavy (non-hydrogen) atoms. The molecule has 1 unspecified atom stereocenters. The van der Waals surface area contributed by atoms with Gasteiger partial charge in [-0.25, -0.2) is 14.8 Å². The molecule has 4 heterocycles. The molecule has 0 bridgehead atoms. The summed E-state index contributed by atoms with van der Waals surface area (Å²) in [5, 5.41) is 24.3. The summed E-state index contributed by atoms with van der Waals surface area (Å²) in [6.45, 7) is 0. The number of aliphatic carboxylic acids is 1. The molecule has 184 valence electrons. The molecule has 0 aliphatic carbocycles. The van der Waals surface area contributed by atoms with E-state index in [0.29, 0.717) is 11.3 Å². The number of carboxylic acids is 1. The summed E-state index contributed by atoms with van der Waals surface area (Å²) in [7, 11) is 0. The number of β-lactam (4-membered cyclic amide) rings is 1. The van der Waals surface area contributed by atoms with Crippen molar-refractivity contribution in [2.75, 3.05) is 5.73 Å². The molecule has 4 rings (SSSR count). The van der Waals surface area contributed by atoms with Crippen molar-refractivity contribution < 1.29 is 37.9 Å². The Bertz CT molecular complexity index is 1300. The van der Waals surface area contributed by atoms with Crippen molar-refractivity contribution in [1.82, 2.24) is 20.2 Å². The van der Waals surface area contributed by atoms with Crippen LogP contribution in [0.2, 0.25) is 0 Å². The summed E-state index contributed by atoms with van der Waals surface area (Å²) in [4.78, 5) is 44.9. The SMILES string of the molecule is Nc1nc(C(=NO)C(=O)NC2S[C@H]3CC(=O)N3C(C(=O)O)=C2C=Cc2scnc2C(F)(F)F)cs1. The topological polar surface area (TPSA) is 171 Å². The number of thiazole rings is 2. The van der Waals surface area contributed by atoms with E-state index in [2.05, 4.69) is 20.4 Å². The monoisotopic (exact) mass is 546 g/mol. The van der Waals surface area contributed by atoms with Crippen molar-refractivity contribution in [3.05, 3.63) is 44.5 Å². The molecule has 0 spiro atoms. The van der Waals surface area contributed by atoms with E-state index < -0.39 is 51.8 Å². The minimum Gasteiger partial charge on any atom is -0.477 e. The normalized spacial score (nSPS) is 20.7. The number of rotatable bonds is 6. The van der Waals surface area contributed by atoms with Crippen LogP contribution in [0.5, 0.6) is 0 Å². The van der Waals surface area contributed by atoms with Crippen molar-refractivity contribution in [3.63, 3.8) is 0 Å². The van der Waals surface area contributed by atoms with Crippen LogP contribution >= 0.6 is 34.4 Å². The van der Waals surface area contributed by atoms with Crippen LogP contribution in [-0.4, -0.2) is 59.4 Å². The predicted molar refractivity (Wildman–Crippen MR) is 120 cm³/mol. The molecule has 2 atom stereocenters. The number of carbonyl (C=O) groups is 3. The number of alkyl halides is 3. The third-order valence-electron chi connectivity index (χ3n) is 4.82. The van der Waals surface area contributed by atoms with Gasteiger partial charge in [0.25, 0.3) is 5.91 Å². The average molecular weight is 547 g/mol. The molecular formula is C18H13F3N6O5S3. The van der Waals surface area contributed by atoms with E-state index in [0.717, 1.165) is 45.7 Å². The predicted octanol–water partition coefficient (Wildman–Crippen LogP) is 2.18. The van der Waals surface area contributed by atoms with E-state index in [1.54, 1.807) is 0 Å². The second-order valence-electron chi connectivity index (χ2n) is 6.94. The maximum absolute atomic E-state index is 13.2. The highest BCUT2D eigenvalue weighted by Crippen LogP contribution is 2.44. The van der Waals surface area contributed by atoms with Crippen molar-refractivity contribution in [1.29, 1.82) is 0 Å². The highest BCUT2D eigenvalue weighted by molar-refractivity contribution is 8.00. The zero-order valence-electron chi connectivity index (χ0n) is 17.0. The molecule has 5 N–H and O–H groups in total. The van der Waals surface area contributed by atoms with E-state index in [1.165, 1.54) is 5.38 Å². The number of oxime groups is 1. The van der Waals surface area contributed by atoms with Gasteiger partial charge in [-0.15, -0.1) is 34.4 Å². The van der Waals surface area contributed by atoms with Gasteiger partial charge in [-0.05, 0) is 6.08 Å². The van der Waals surface area contributed by atoms with Gasteiger partial charge in [0.05, 0.1) is 22.2 Å². The van der Waals surface area contributed by atoms with Crippen molar-refractivity contribution in [2.24, 2.45) is 5.16 Å². The number of nitrogens with one attached hydrogen (secondary N) is 1. The third-order valence-corrected chi connectivity index (χ3v) is 7.62. The number of fused-ring (bicyclic) bond motifs is 1. The first kappa shape index (κ1) is 24.7. The lowest BCUT2D eigenvalue weighted by atomic mass is 10.1. The molecule has 0 saturated carbocycles. The number of nitrogens with two attached hydrogens (primary N) is 1. The van der Waals surface area contributed by atoms with Crippen LogP contribution in [0.15, 0.2) is 33.4 Å². The Morgan fingerprint density at radius 2 is 2.06 bits per heavy atom. The minimum atomic E-state index is -4.74. The van der Waals surface area contributed by atoms with Gasteiger partial charge >= 0.3 is 12.1 Å². The Morgan fingerprint density at radius 3 is 2.63 bits per heavy atom. The van der Waals surface area contributed by atoms with Gasteiger partial charge in [0.15, 0.2) is 16.5 Å². The Hall–Kier alpha value is -3.44. The number of amides is 2. The molecule has 0 radical (unpaired) electrons. The zero-order valence-corrected chi connectivity index (χ0v) is 19.5. The van der Waals surface area contributed by atoms with Gasteiger partial charge in [0.1, 0.15) is 16.8 Å². The van der Waals surface area contributed by atoms with Crippen LogP contribution in [0.4, 0.5) is 18.3 Å². The number of hydrogen-bond acceptors (Lipinski definition) is 11. The maximum Gasteiger partial charge on any atom is 0.434 e. The molecule has 0 aromatic carbocycles. The summed E-state index contributed by atoms with van der Waals surface area (Å²) in [6, 6.07) is 0. The maximum atomic E-state index is 13.2. The lowest BCUT2D eigenvalue weighted by Crippen LogP contribution is -2.57. The lowest BCUT2D eigenvalue weighted by molar-refractivity contribution is -0.146. The van der Waals surface area contributed by atoms with Crippen LogP contribution in [0, 0.1) is 0 Å². The van der Waals surface area contributed by atoms with Gasteiger partial charge in [-0.1, -0.05) is 11.2 Å². The Labute approximate surface area is 205 Å². The number of carbonyl (C=O) groups excluding carboxylic acids is 2. The fraction of sp³-hybridized carbons (Fsp3) is 0.222. The first-order valence-corrected chi connectivity index (χ1v) is 12.1. The summed E-state index contributed by atoms with van der Waals surface area (Å²) in [6.07, 6.45) is -2.63. The summed E-state index contributed by atoms with van der Waals surface area (Å²) in [5.74, 6) is -2.94. The van der Waals surface area contributed by atoms with Gasteiger partial charge in [0, 0.05) is 11.0 Å². The number of nitrogen functional groups attached to an aromatic ring is 1. The van der Waals surface area contributed by atoms with E-state index in [9.17, 15) is 37.9 Å².